The number of hydroxylamine groups is 2. The van der Waals surface area contributed by atoms with E-state index < -0.39 is 17.1 Å². The van der Waals surface area contributed by atoms with Gasteiger partial charge in [0.05, 0.1) is 11.5 Å². The molecular formula is C13H11F3N2O4. The number of carbonyl (C=O) groups excluding carboxylic acids is 1. The summed E-state index contributed by atoms with van der Waals surface area (Å²) < 4.78 is 36.2. The molecule has 1 aliphatic heterocycles. The standard InChI is InChI=1S/C13H11F3N2O4/c14-13(15,16)12(19)22-17-7-5-10(6-8-17)9-1-3-11(4-2-9)18(20)21/h1-5H,6-8H2. The van der Waals surface area contributed by atoms with Gasteiger partial charge < -0.3 is 4.84 Å². The Morgan fingerprint density at radius 2 is 1.91 bits per heavy atom. The second-order valence-corrected chi connectivity index (χ2v) is 4.55. The molecule has 1 aliphatic rings. The Kier molecular flexibility index (Phi) is 4.45. The van der Waals surface area contributed by atoms with Crippen LogP contribution in [-0.2, 0) is 9.63 Å². The van der Waals surface area contributed by atoms with Gasteiger partial charge in [0, 0.05) is 18.7 Å². The second-order valence-electron chi connectivity index (χ2n) is 4.55. The molecule has 6 nitrogen and oxygen atoms in total. The van der Waals surface area contributed by atoms with E-state index in [9.17, 15) is 28.1 Å². The minimum Gasteiger partial charge on any atom is -0.360 e. The Balaban J connectivity index is 1.99. The van der Waals surface area contributed by atoms with Crippen LogP contribution in [0.15, 0.2) is 30.3 Å². The molecule has 0 atom stereocenters. The van der Waals surface area contributed by atoms with E-state index in [0.717, 1.165) is 16.2 Å². The number of nitrogens with zero attached hydrogens (tertiary/aromatic N) is 2. The van der Waals surface area contributed by atoms with Crippen molar-refractivity contribution in [1.29, 1.82) is 0 Å². The highest BCUT2D eigenvalue weighted by molar-refractivity contribution is 5.75. The van der Waals surface area contributed by atoms with Crippen molar-refractivity contribution in [2.24, 2.45) is 0 Å². The predicted molar refractivity (Wildman–Crippen MR) is 69.4 cm³/mol. The summed E-state index contributed by atoms with van der Waals surface area (Å²) in [6.07, 6.45) is -3.04. The topological polar surface area (TPSA) is 72.7 Å². The molecule has 0 fully saturated rings. The van der Waals surface area contributed by atoms with E-state index in [1.165, 1.54) is 12.1 Å². The lowest BCUT2D eigenvalue weighted by Crippen LogP contribution is -2.37. The molecule has 0 spiro atoms. The fraction of sp³-hybridized carbons (Fsp3) is 0.308. The Morgan fingerprint density at radius 1 is 1.27 bits per heavy atom. The number of rotatable bonds is 3. The highest BCUT2D eigenvalue weighted by Gasteiger charge is 2.42. The average Bonchev–Trinajstić information content (AvgIpc) is 2.47. The van der Waals surface area contributed by atoms with E-state index >= 15 is 0 Å². The fourth-order valence-electron chi connectivity index (χ4n) is 1.96. The maximum absolute atomic E-state index is 12.1. The molecule has 1 aromatic carbocycles. The zero-order valence-corrected chi connectivity index (χ0v) is 11.2. The molecule has 0 N–H and O–H groups in total. The first-order valence-electron chi connectivity index (χ1n) is 6.25. The molecule has 118 valence electrons. The van der Waals surface area contributed by atoms with Gasteiger partial charge in [-0.2, -0.15) is 13.2 Å². The second kappa shape index (κ2) is 6.14. The molecular weight excluding hydrogens is 305 g/mol. The molecule has 0 unspecified atom stereocenters. The Hall–Kier alpha value is -2.42. The zero-order chi connectivity index (χ0) is 16.3. The van der Waals surface area contributed by atoms with Gasteiger partial charge in [-0.15, -0.1) is 5.06 Å². The normalized spacial score (nSPS) is 16.0. The molecule has 0 aromatic heterocycles. The van der Waals surface area contributed by atoms with Crippen LogP contribution in [-0.4, -0.2) is 35.2 Å². The SMILES string of the molecule is O=C(ON1CC=C(c2ccc([N+](=O)[O-])cc2)CC1)C(F)(F)F. The third-order valence-corrected chi connectivity index (χ3v) is 3.06. The van der Waals surface area contributed by atoms with E-state index in [1.54, 1.807) is 18.2 Å². The maximum atomic E-state index is 12.1. The Labute approximate surface area is 122 Å². The maximum Gasteiger partial charge on any atom is 0.492 e. The third kappa shape index (κ3) is 3.82. The molecule has 22 heavy (non-hydrogen) atoms. The summed E-state index contributed by atoms with van der Waals surface area (Å²) in [6.45, 7) is 0.138. The van der Waals surface area contributed by atoms with Crippen LogP contribution in [0.25, 0.3) is 5.57 Å². The van der Waals surface area contributed by atoms with Gasteiger partial charge in [-0.3, -0.25) is 10.1 Å². The third-order valence-electron chi connectivity index (χ3n) is 3.06. The summed E-state index contributed by atoms with van der Waals surface area (Å²) in [5, 5.41) is 11.5. The number of non-ortho nitro benzene ring substituents is 1. The Bertz CT molecular complexity index is 611. The Morgan fingerprint density at radius 3 is 2.36 bits per heavy atom. The molecule has 1 aromatic rings. The summed E-state index contributed by atoms with van der Waals surface area (Å²) in [4.78, 5) is 25.0. The van der Waals surface area contributed by atoms with Crippen molar-refractivity contribution in [1.82, 2.24) is 5.06 Å². The van der Waals surface area contributed by atoms with Crippen molar-refractivity contribution < 1.29 is 27.7 Å². The summed E-state index contributed by atoms with van der Waals surface area (Å²) >= 11 is 0. The summed E-state index contributed by atoms with van der Waals surface area (Å²) in [6, 6.07) is 5.85. The number of nitro groups is 1. The first-order chi connectivity index (χ1) is 10.3. The summed E-state index contributed by atoms with van der Waals surface area (Å²) in [5.74, 6) is -2.25. The number of carbonyl (C=O) groups is 1. The van der Waals surface area contributed by atoms with Gasteiger partial charge in [-0.05, 0) is 29.7 Å². The van der Waals surface area contributed by atoms with Crippen molar-refractivity contribution in [2.75, 3.05) is 13.1 Å². The molecule has 2 rings (SSSR count). The molecule has 0 aliphatic carbocycles. The van der Waals surface area contributed by atoms with Gasteiger partial charge in [0.15, 0.2) is 0 Å². The van der Waals surface area contributed by atoms with Crippen molar-refractivity contribution in [3.63, 3.8) is 0 Å². The van der Waals surface area contributed by atoms with Gasteiger partial charge in [0.2, 0.25) is 0 Å². The highest BCUT2D eigenvalue weighted by atomic mass is 19.4. The minimum atomic E-state index is -5.03. The largest absolute Gasteiger partial charge is 0.492 e. The molecule has 0 radical (unpaired) electrons. The molecule has 0 saturated heterocycles. The highest BCUT2D eigenvalue weighted by Crippen LogP contribution is 2.25. The number of hydrogen-bond acceptors (Lipinski definition) is 5. The first-order valence-corrected chi connectivity index (χ1v) is 6.25. The lowest BCUT2D eigenvalue weighted by molar-refractivity contribution is -0.384. The van der Waals surface area contributed by atoms with Crippen molar-refractivity contribution in [3.05, 3.63) is 46.0 Å². The van der Waals surface area contributed by atoms with Crippen LogP contribution in [0.1, 0.15) is 12.0 Å². The number of halogens is 3. The molecule has 0 saturated carbocycles. The van der Waals surface area contributed by atoms with Gasteiger partial charge in [0.1, 0.15) is 0 Å². The fourth-order valence-corrected chi connectivity index (χ4v) is 1.96. The number of nitro benzene ring substituents is 1. The van der Waals surface area contributed by atoms with Crippen LogP contribution in [0.4, 0.5) is 18.9 Å². The smallest absolute Gasteiger partial charge is 0.360 e. The van der Waals surface area contributed by atoms with E-state index in [-0.39, 0.29) is 18.8 Å². The van der Waals surface area contributed by atoms with Crippen molar-refractivity contribution in [3.8, 4) is 0 Å². The zero-order valence-electron chi connectivity index (χ0n) is 11.2. The van der Waals surface area contributed by atoms with Crippen LogP contribution < -0.4 is 0 Å². The number of hydrogen-bond donors (Lipinski definition) is 0. The van der Waals surface area contributed by atoms with Crippen molar-refractivity contribution in [2.45, 2.75) is 12.6 Å². The molecule has 0 bridgehead atoms. The quantitative estimate of drug-likeness (QED) is 0.633. The van der Waals surface area contributed by atoms with Gasteiger partial charge in [-0.25, -0.2) is 4.79 Å². The van der Waals surface area contributed by atoms with E-state index in [1.807, 2.05) is 0 Å². The van der Waals surface area contributed by atoms with Crippen LogP contribution in [0.3, 0.4) is 0 Å². The van der Waals surface area contributed by atoms with Gasteiger partial charge >= 0.3 is 12.1 Å². The van der Waals surface area contributed by atoms with E-state index in [0.29, 0.717) is 6.42 Å². The van der Waals surface area contributed by atoms with Crippen LogP contribution in [0.5, 0.6) is 0 Å². The van der Waals surface area contributed by atoms with Gasteiger partial charge in [-0.1, -0.05) is 6.08 Å². The van der Waals surface area contributed by atoms with Crippen molar-refractivity contribution >= 4 is 17.2 Å². The summed E-state index contributed by atoms with van der Waals surface area (Å²) in [5.41, 5.74) is 1.53. The van der Waals surface area contributed by atoms with Gasteiger partial charge in [0.25, 0.3) is 5.69 Å². The number of alkyl halides is 3. The molecule has 9 heteroatoms. The first kappa shape index (κ1) is 16.0. The lowest BCUT2D eigenvalue weighted by atomic mass is 10.00. The minimum absolute atomic E-state index is 0.0220. The number of benzene rings is 1. The lowest BCUT2D eigenvalue weighted by Gasteiger charge is -2.25. The average molecular weight is 316 g/mol. The predicted octanol–water partition coefficient (Wildman–Crippen LogP) is 2.70. The monoisotopic (exact) mass is 316 g/mol. The van der Waals surface area contributed by atoms with E-state index in [2.05, 4.69) is 4.84 Å². The van der Waals surface area contributed by atoms with E-state index in [4.69, 9.17) is 0 Å². The van der Waals surface area contributed by atoms with Crippen LogP contribution in [0, 0.1) is 10.1 Å². The summed E-state index contributed by atoms with van der Waals surface area (Å²) in [7, 11) is 0. The molecule has 0 amide bonds. The molecule has 1 heterocycles. The van der Waals surface area contributed by atoms with Crippen LogP contribution >= 0.6 is 0 Å². The van der Waals surface area contributed by atoms with Crippen LogP contribution in [0.2, 0.25) is 0 Å².